The van der Waals surface area contributed by atoms with E-state index < -0.39 is 5.82 Å². The number of hydrogen-bond acceptors (Lipinski definition) is 3. The van der Waals surface area contributed by atoms with Gasteiger partial charge in [-0.1, -0.05) is 6.92 Å². The SMILES string of the molecule is CCOC(=O)/C(C)=C(/CC)c1ccc(F)cn1. The molecule has 1 aromatic rings. The molecule has 3 nitrogen and oxygen atoms in total. The Morgan fingerprint density at radius 1 is 1.41 bits per heavy atom. The summed E-state index contributed by atoms with van der Waals surface area (Å²) in [6.07, 6.45) is 1.78. The molecule has 0 aliphatic rings. The summed E-state index contributed by atoms with van der Waals surface area (Å²) < 4.78 is 17.7. The number of esters is 1. The van der Waals surface area contributed by atoms with Crippen molar-refractivity contribution in [3.63, 3.8) is 0 Å². The van der Waals surface area contributed by atoms with Crippen LogP contribution in [0.1, 0.15) is 32.9 Å². The number of aromatic nitrogens is 1. The molecule has 1 heterocycles. The van der Waals surface area contributed by atoms with Gasteiger partial charge >= 0.3 is 5.97 Å². The van der Waals surface area contributed by atoms with E-state index in [1.807, 2.05) is 6.92 Å². The summed E-state index contributed by atoms with van der Waals surface area (Å²) in [6, 6.07) is 2.90. The minimum atomic E-state index is -0.391. The van der Waals surface area contributed by atoms with Crippen molar-refractivity contribution in [2.75, 3.05) is 6.61 Å². The van der Waals surface area contributed by atoms with Crippen LogP contribution in [0.15, 0.2) is 23.9 Å². The van der Waals surface area contributed by atoms with Crippen molar-refractivity contribution in [2.24, 2.45) is 0 Å². The first kappa shape index (κ1) is 13.4. The molecule has 0 saturated carbocycles. The lowest BCUT2D eigenvalue weighted by atomic mass is 10.0. The molecule has 0 unspecified atom stereocenters. The van der Waals surface area contributed by atoms with Gasteiger partial charge in [0.2, 0.25) is 0 Å². The second-order valence-electron chi connectivity index (χ2n) is 3.54. The Hall–Kier alpha value is -1.71. The van der Waals surface area contributed by atoms with Crippen molar-refractivity contribution >= 4 is 11.5 Å². The molecule has 4 heteroatoms. The second kappa shape index (κ2) is 6.13. The number of hydrogen-bond donors (Lipinski definition) is 0. The molecule has 17 heavy (non-hydrogen) atoms. The van der Waals surface area contributed by atoms with Crippen LogP contribution < -0.4 is 0 Å². The van der Waals surface area contributed by atoms with E-state index in [-0.39, 0.29) is 5.97 Å². The monoisotopic (exact) mass is 237 g/mol. The molecule has 92 valence electrons. The molecule has 0 aliphatic carbocycles. The Balaban J connectivity index is 3.09. The average Bonchev–Trinajstić information content (AvgIpc) is 2.32. The Kier molecular flexibility index (Phi) is 4.82. The van der Waals surface area contributed by atoms with Gasteiger partial charge in [0.25, 0.3) is 0 Å². The van der Waals surface area contributed by atoms with Crippen LogP contribution in [0.5, 0.6) is 0 Å². The number of ether oxygens (including phenoxy) is 1. The van der Waals surface area contributed by atoms with Crippen LogP contribution in [0.25, 0.3) is 5.57 Å². The van der Waals surface area contributed by atoms with Crippen LogP contribution in [-0.4, -0.2) is 17.6 Å². The van der Waals surface area contributed by atoms with E-state index in [4.69, 9.17) is 4.74 Å². The molecule has 0 spiro atoms. The summed E-state index contributed by atoms with van der Waals surface area (Å²) in [4.78, 5) is 15.6. The highest BCUT2D eigenvalue weighted by Gasteiger charge is 2.13. The van der Waals surface area contributed by atoms with Crippen molar-refractivity contribution in [1.29, 1.82) is 0 Å². The number of carbonyl (C=O) groups excluding carboxylic acids is 1. The molecule has 0 fully saturated rings. The fourth-order valence-electron chi connectivity index (χ4n) is 1.56. The zero-order valence-corrected chi connectivity index (χ0v) is 10.3. The molecule has 0 atom stereocenters. The lowest BCUT2D eigenvalue weighted by molar-refractivity contribution is -0.138. The smallest absolute Gasteiger partial charge is 0.334 e. The van der Waals surface area contributed by atoms with Crippen molar-refractivity contribution in [1.82, 2.24) is 4.98 Å². The molecule has 0 N–H and O–H groups in total. The minimum Gasteiger partial charge on any atom is -0.463 e. The third-order valence-electron chi connectivity index (χ3n) is 2.42. The lowest BCUT2D eigenvalue weighted by Crippen LogP contribution is -2.08. The number of halogens is 1. The van der Waals surface area contributed by atoms with Gasteiger partial charge in [-0.15, -0.1) is 0 Å². The van der Waals surface area contributed by atoms with Crippen molar-refractivity contribution in [3.05, 3.63) is 35.4 Å². The number of pyridine rings is 1. The fraction of sp³-hybridized carbons (Fsp3) is 0.385. The predicted molar refractivity (Wildman–Crippen MR) is 63.7 cm³/mol. The summed E-state index contributed by atoms with van der Waals surface area (Å²) in [5.41, 5.74) is 1.91. The van der Waals surface area contributed by atoms with Gasteiger partial charge in [0.05, 0.1) is 18.5 Å². The zero-order valence-electron chi connectivity index (χ0n) is 10.3. The van der Waals surface area contributed by atoms with Crippen LogP contribution in [0.2, 0.25) is 0 Å². The maximum atomic E-state index is 12.8. The van der Waals surface area contributed by atoms with Gasteiger partial charge in [0, 0.05) is 5.57 Å². The van der Waals surface area contributed by atoms with Crippen LogP contribution in [0.4, 0.5) is 4.39 Å². The molecule has 0 aliphatic heterocycles. The quantitative estimate of drug-likeness (QED) is 0.597. The molecular weight excluding hydrogens is 221 g/mol. The molecule has 0 saturated heterocycles. The average molecular weight is 237 g/mol. The number of allylic oxidation sites excluding steroid dienone is 1. The van der Waals surface area contributed by atoms with Crippen LogP contribution in [0.3, 0.4) is 0 Å². The van der Waals surface area contributed by atoms with Gasteiger partial charge in [-0.3, -0.25) is 4.98 Å². The highest BCUT2D eigenvalue weighted by Crippen LogP contribution is 2.21. The molecule has 0 amide bonds. The largest absolute Gasteiger partial charge is 0.463 e. The molecule has 1 aromatic heterocycles. The highest BCUT2D eigenvalue weighted by molar-refractivity contribution is 5.96. The van der Waals surface area contributed by atoms with E-state index in [2.05, 4.69) is 4.98 Å². The summed E-state index contributed by atoms with van der Waals surface area (Å²) in [7, 11) is 0. The summed E-state index contributed by atoms with van der Waals surface area (Å²) in [6.45, 7) is 5.71. The summed E-state index contributed by atoms with van der Waals surface area (Å²) >= 11 is 0. The van der Waals surface area contributed by atoms with E-state index >= 15 is 0 Å². The minimum absolute atomic E-state index is 0.337. The van der Waals surface area contributed by atoms with Gasteiger partial charge in [0.15, 0.2) is 0 Å². The van der Waals surface area contributed by atoms with Gasteiger partial charge < -0.3 is 4.74 Å². The van der Waals surface area contributed by atoms with E-state index in [0.29, 0.717) is 24.3 Å². The molecular formula is C13H16FNO2. The lowest BCUT2D eigenvalue weighted by Gasteiger charge is -2.09. The first-order chi connectivity index (χ1) is 8.10. The Labute approximate surface area is 100 Å². The van der Waals surface area contributed by atoms with Crippen LogP contribution in [0, 0.1) is 5.82 Å². The molecule has 0 aromatic carbocycles. The number of carbonyl (C=O) groups is 1. The predicted octanol–water partition coefficient (Wildman–Crippen LogP) is 2.97. The van der Waals surface area contributed by atoms with Crippen molar-refractivity contribution in [3.8, 4) is 0 Å². The Morgan fingerprint density at radius 2 is 2.12 bits per heavy atom. The first-order valence-electron chi connectivity index (χ1n) is 5.58. The van der Waals surface area contributed by atoms with Crippen LogP contribution in [-0.2, 0) is 9.53 Å². The van der Waals surface area contributed by atoms with Gasteiger partial charge in [0.1, 0.15) is 5.82 Å². The zero-order chi connectivity index (χ0) is 12.8. The topological polar surface area (TPSA) is 39.2 Å². The molecule has 0 radical (unpaired) electrons. The standard InChI is InChI=1S/C13H16FNO2/c1-4-11(9(3)13(16)17-5-2)12-7-6-10(14)8-15-12/h6-8H,4-5H2,1-3H3/b11-9-. The molecule has 1 rings (SSSR count). The van der Waals surface area contributed by atoms with Crippen LogP contribution >= 0.6 is 0 Å². The van der Waals surface area contributed by atoms with Gasteiger partial charge in [-0.05, 0) is 38.0 Å². The van der Waals surface area contributed by atoms with E-state index in [1.165, 1.54) is 6.07 Å². The molecule has 0 bridgehead atoms. The Bertz CT molecular complexity index is 424. The van der Waals surface area contributed by atoms with E-state index in [9.17, 15) is 9.18 Å². The summed E-state index contributed by atoms with van der Waals surface area (Å²) in [5, 5.41) is 0. The maximum Gasteiger partial charge on any atom is 0.334 e. The third-order valence-corrected chi connectivity index (χ3v) is 2.42. The van der Waals surface area contributed by atoms with E-state index in [0.717, 1.165) is 11.8 Å². The van der Waals surface area contributed by atoms with Crippen molar-refractivity contribution < 1.29 is 13.9 Å². The van der Waals surface area contributed by atoms with E-state index in [1.54, 1.807) is 19.9 Å². The Morgan fingerprint density at radius 3 is 2.59 bits per heavy atom. The fourth-order valence-corrected chi connectivity index (χ4v) is 1.56. The third kappa shape index (κ3) is 3.37. The van der Waals surface area contributed by atoms with Gasteiger partial charge in [-0.25, -0.2) is 9.18 Å². The highest BCUT2D eigenvalue weighted by atomic mass is 19.1. The summed E-state index contributed by atoms with van der Waals surface area (Å²) in [5.74, 6) is -0.742. The maximum absolute atomic E-state index is 12.8. The normalized spacial score (nSPS) is 12.0. The number of rotatable bonds is 4. The van der Waals surface area contributed by atoms with Crippen molar-refractivity contribution in [2.45, 2.75) is 27.2 Å². The van der Waals surface area contributed by atoms with Gasteiger partial charge in [-0.2, -0.15) is 0 Å². The number of nitrogens with zero attached hydrogens (tertiary/aromatic N) is 1. The second-order valence-corrected chi connectivity index (χ2v) is 3.54. The first-order valence-corrected chi connectivity index (χ1v) is 5.58.